The normalized spacial score (nSPS) is 12.6. The Morgan fingerprint density at radius 3 is 2.69 bits per heavy atom. The molecule has 0 aliphatic rings. The van der Waals surface area contributed by atoms with E-state index in [4.69, 9.17) is 9.94 Å². The lowest BCUT2D eigenvalue weighted by Crippen LogP contribution is -2.14. The van der Waals surface area contributed by atoms with Crippen molar-refractivity contribution in [3.05, 3.63) is 29.3 Å². The van der Waals surface area contributed by atoms with E-state index in [2.05, 4.69) is 5.48 Å². The number of rotatable bonds is 3. The van der Waals surface area contributed by atoms with Gasteiger partial charge in [-0.3, -0.25) is 0 Å². The van der Waals surface area contributed by atoms with Crippen LogP contribution in [-0.4, -0.2) is 12.3 Å². The number of aryl methyl sites for hydroxylation is 1. The molecule has 1 aromatic carbocycles. The molecule has 13 heavy (non-hydrogen) atoms. The maximum absolute atomic E-state index is 8.77. The molecule has 0 saturated carbocycles. The van der Waals surface area contributed by atoms with E-state index in [1.54, 1.807) is 7.11 Å². The molecule has 1 aromatic rings. The van der Waals surface area contributed by atoms with E-state index < -0.39 is 0 Å². The van der Waals surface area contributed by atoms with Gasteiger partial charge in [-0.05, 0) is 25.5 Å². The minimum atomic E-state index is -0.115. The minimum Gasteiger partial charge on any atom is -0.496 e. The molecule has 0 amide bonds. The summed E-state index contributed by atoms with van der Waals surface area (Å²) in [5.74, 6) is 0.800. The van der Waals surface area contributed by atoms with Gasteiger partial charge in [-0.1, -0.05) is 12.1 Å². The van der Waals surface area contributed by atoms with Crippen molar-refractivity contribution in [3.63, 3.8) is 0 Å². The summed E-state index contributed by atoms with van der Waals surface area (Å²) >= 11 is 0. The molecule has 0 radical (unpaired) electrons. The summed E-state index contributed by atoms with van der Waals surface area (Å²) in [5, 5.41) is 8.77. The van der Waals surface area contributed by atoms with Crippen LogP contribution in [0.15, 0.2) is 18.2 Å². The Balaban J connectivity index is 3.05. The molecule has 0 saturated heterocycles. The summed E-state index contributed by atoms with van der Waals surface area (Å²) in [6.07, 6.45) is 0. The standard InChI is InChI=1S/C10H15NO2/c1-7-4-5-9(8(2)11-12)10(6-7)13-3/h4-6,8,11-12H,1-3H3. The van der Waals surface area contributed by atoms with Crippen molar-refractivity contribution in [2.45, 2.75) is 19.9 Å². The quantitative estimate of drug-likeness (QED) is 0.701. The maximum atomic E-state index is 8.77. The van der Waals surface area contributed by atoms with Gasteiger partial charge in [0.25, 0.3) is 0 Å². The molecule has 0 spiro atoms. The van der Waals surface area contributed by atoms with Crippen LogP contribution in [0.2, 0.25) is 0 Å². The highest BCUT2D eigenvalue weighted by Crippen LogP contribution is 2.25. The molecule has 2 N–H and O–H groups in total. The molecule has 3 heteroatoms. The maximum Gasteiger partial charge on any atom is 0.123 e. The van der Waals surface area contributed by atoms with Crippen LogP contribution in [0.5, 0.6) is 5.75 Å². The highest BCUT2D eigenvalue weighted by Gasteiger charge is 2.09. The molecule has 0 aliphatic heterocycles. The molecule has 0 aromatic heterocycles. The molecular weight excluding hydrogens is 166 g/mol. The van der Waals surface area contributed by atoms with Crippen LogP contribution in [0, 0.1) is 6.92 Å². The van der Waals surface area contributed by atoms with E-state index in [0.29, 0.717) is 0 Å². The van der Waals surface area contributed by atoms with Crippen LogP contribution in [0.1, 0.15) is 24.1 Å². The van der Waals surface area contributed by atoms with Crippen molar-refractivity contribution in [2.75, 3.05) is 7.11 Å². The van der Waals surface area contributed by atoms with Gasteiger partial charge in [-0.25, -0.2) is 0 Å². The first-order valence-electron chi connectivity index (χ1n) is 4.23. The molecule has 3 nitrogen and oxygen atoms in total. The zero-order valence-electron chi connectivity index (χ0n) is 8.16. The number of hydrogen-bond donors (Lipinski definition) is 2. The fourth-order valence-corrected chi connectivity index (χ4v) is 1.25. The number of hydroxylamine groups is 1. The fraction of sp³-hybridized carbons (Fsp3) is 0.400. The summed E-state index contributed by atoms with van der Waals surface area (Å²) < 4.78 is 5.20. The van der Waals surface area contributed by atoms with Gasteiger partial charge in [0.15, 0.2) is 0 Å². The molecule has 1 rings (SSSR count). The van der Waals surface area contributed by atoms with E-state index >= 15 is 0 Å². The minimum absolute atomic E-state index is 0.115. The highest BCUT2D eigenvalue weighted by molar-refractivity contribution is 5.38. The third-order valence-corrected chi connectivity index (χ3v) is 2.05. The topological polar surface area (TPSA) is 41.5 Å². The molecule has 0 heterocycles. The van der Waals surface area contributed by atoms with Crippen LogP contribution < -0.4 is 10.2 Å². The van der Waals surface area contributed by atoms with E-state index in [0.717, 1.165) is 16.9 Å². The van der Waals surface area contributed by atoms with Crippen LogP contribution in [0.4, 0.5) is 0 Å². The van der Waals surface area contributed by atoms with E-state index in [9.17, 15) is 0 Å². The predicted molar refractivity (Wildman–Crippen MR) is 51.1 cm³/mol. The van der Waals surface area contributed by atoms with Crippen molar-refractivity contribution in [2.24, 2.45) is 0 Å². The molecular formula is C10H15NO2. The summed E-state index contributed by atoms with van der Waals surface area (Å²) in [6, 6.07) is 5.77. The Labute approximate surface area is 78.3 Å². The van der Waals surface area contributed by atoms with Gasteiger partial charge in [0.2, 0.25) is 0 Å². The Morgan fingerprint density at radius 1 is 1.46 bits per heavy atom. The Kier molecular flexibility index (Phi) is 3.28. The highest BCUT2D eigenvalue weighted by atomic mass is 16.5. The zero-order chi connectivity index (χ0) is 9.84. The number of hydrogen-bond acceptors (Lipinski definition) is 3. The Bertz CT molecular complexity index is 286. The lowest BCUT2D eigenvalue weighted by molar-refractivity contribution is 0.132. The van der Waals surface area contributed by atoms with Crippen LogP contribution >= 0.6 is 0 Å². The molecule has 72 valence electrons. The van der Waals surface area contributed by atoms with Crippen LogP contribution in [-0.2, 0) is 0 Å². The largest absolute Gasteiger partial charge is 0.496 e. The monoisotopic (exact) mass is 181 g/mol. The molecule has 0 fully saturated rings. The van der Waals surface area contributed by atoms with Crippen molar-refractivity contribution in [3.8, 4) is 5.75 Å². The first kappa shape index (κ1) is 10.0. The Morgan fingerprint density at radius 2 is 2.15 bits per heavy atom. The third-order valence-electron chi connectivity index (χ3n) is 2.05. The number of ether oxygens (including phenoxy) is 1. The second-order valence-electron chi connectivity index (χ2n) is 3.10. The zero-order valence-corrected chi connectivity index (χ0v) is 8.16. The summed E-state index contributed by atoms with van der Waals surface area (Å²) in [5.41, 5.74) is 4.29. The van der Waals surface area contributed by atoms with Gasteiger partial charge in [0.05, 0.1) is 13.2 Å². The van der Waals surface area contributed by atoms with Crippen molar-refractivity contribution in [1.29, 1.82) is 0 Å². The van der Waals surface area contributed by atoms with Gasteiger partial charge in [-0.2, -0.15) is 5.48 Å². The third kappa shape index (κ3) is 2.20. The second-order valence-corrected chi connectivity index (χ2v) is 3.10. The average Bonchev–Trinajstić information content (AvgIpc) is 2.16. The van der Waals surface area contributed by atoms with Gasteiger partial charge in [0.1, 0.15) is 5.75 Å². The molecule has 0 aliphatic carbocycles. The SMILES string of the molecule is COc1cc(C)ccc1C(C)NO. The van der Waals surface area contributed by atoms with Crippen molar-refractivity contribution in [1.82, 2.24) is 5.48 Å². The smallest absolute Gasteiger partial charge is 0.123 e. The van der Waals surface area contributed by atoms with Crippen molar-refractivity contribution < 1.29 is 9.94 Å². The number of nitrogens with one attached hydrogen (secondary N) is 1. The fourth-order valence-electron chi connectivity index (χ4n) is 1.25. The van der Waals surface area contributed by atoms with E-state index in [1.165, 1.54) is 0 Å². The number of methoxy groups -OCH3 is 1. The second kappa shape index (κ2) is 4.25. The molecule has 1 atom stereocenters. The van der Waals surface area contributed by atoms with Gasteiger partial charge in [-0.15, -0.1) is 0 Å². The lowest BCUT2D eigenvalue weighted by atomic mass is 10.1. The predicted octanol–water partition coefficient (Wildman–Crippen LogP) is 2.04. The first-order valence-corrected chi connectivity index (χ1v) is 4.23. The van der Waals surface area contributed by atoms with Crippen LogP contribution in [0.25, 0.3) is 0 Å². The summed E-state index contributed by atoms with van der Waals surface area (Å²) in [4.78, 5) is 0. The van der Waals surface area contributed by atoms with Gasteiger partial charge >= 0.3 is 0 Å². The average molecular weight is 181 g/mol. The first-order chi connectivity index (χ1) is 6.19. The van der Waals surface area contributed by atoms with Gasteiger partial charge < -0.3 is 9.94 Å². The number of benzene rings is 1. The molecule has 0 bridgehead atoms. The summed E-state index contributed by atoms with van der Waals surface area (Å²) in [6.45, 7) is 3.87. The van der Waals surface area contributed by atoms with Crippen LogP contribution in [0.3, 0.4) is 0 Å². The summed E-state index contributed by atoms with van der Waals surface area (Å²) in [7, 11) is 1.63. The lowest BCUT2D eigenvalue weighted by Gasteiger charge is -2.14. The van der Waals surface area contributed by atoms with E-state index in [1.807, 2.05) is 32.0 Å². The Hall–Kier alpha value is -1.06. The van der Waals surface area contributed by atoms with Gasteiger partial charge in [0, 0.05) is 5.56 Å². The van der Waals surface area contributed by atoms with E-state index in [-0.39, 0.29) is 6.04 Å². The van der Waals surface area contributed by atoms with Crippen molar-refractivity contribution >= 4 is 0 Å². The molecule has 1 unspecified atom stereocenters.